The molecule has 134 valence electrons. The zero-order chi connectivity index (χ0) is 18.5. The van der Waals surface area contributed by atoms with E-state index in [-0.39, 0.29) is 23.7 Å². The van der Waals surface area contributed by atoms with Gasteiger partial charge in [-0.05, 0) is 25.5 Å². The van der Waals surface area contributed by atoms with Crippen LogP contribution < -0.4 is 0 Å². The molecule has 1 fully saturated rings. The lowest BCUT2D eigenvalue weighted by atomic mass is 9.82. The van der Waals surface area contributed by atoms with Crippen LogP contribution >= 0.6 is 0 Å². The summed E-state index contributed by atoms with van der Waals surface area (Å²) in [7, 11) is 0. The molecular weight excluding hydrogens is 324 g/mol. The fourth-order valence-corrected chi connectivity index (χ4v) is 3.35. The largest absolute Gasteiger partial charge is 0.479 e. The van der Waals surface area contributed by atoms with Crippen LogP contribution in [0, 0.1) is 11.8 Å². The Morgan fingerprint density at radius 3 is 2.72 bits per heavy atom. The molecule has 25 heavy (non-hydrogen) atoms. The van der Waals surface area contributed by atoms with E-state index in [4.69, 9.17) is 14.2 Å². The Balaban J connectivity index is 2.05. The van der Waals surface area contributed by atoms with Crippen molar-refractivity contribution in [2.75, 3.05) is 0 Å². The number of hydrogen-bond donors (Lipinski definition) is 0. The molecule has 0 unspecified atom stereocenters. The van der Waals surface area contributed by atoms with Crippen LogP contribution in [0.25, 0.3) is 0 Å². The molecule has 0 aromatic rings. The fourth-order valence-electron chi connectivity index (χ4n) is 3.35. The van der Waals surface area contributed by atoms with Crippen molar-refractivity contribution >= 4 is 17.7 Å². The average molecular weight is 346 g/mol. The van der Waals surface area contributed by atoms with E-state index in [0.717, 1.165) is 0 Å². The second-order valence-electron chi connectivity index (χ2n) is 7.31. The second kappa shape index (κ2) is 5.86. The first-order chi connectivity index (χ1) is 11.6. The van der Waals surface area contributed by atoms with Gasteiger partial charge in [0.05, 0.1) is 11.8 Å². The van der Waals surface area contributed by atoms with Crippen molar-refractivity contribution in [1.82, 2.24) is 0 Å². The Hall–Kier alpha value is -2.37. The smallest absolute Gasteiger partial charge is 0.334 e. The van der Waals surface area contributed by atoms with Gasteiger partial charge in [-0.2, -0.15) is 0 Å². The van der Waals surface area contributed by atoms with Crippen molar-refractivity contribution in [1.29, 1.82) is 0 Å². The Labute approximate surface area is 146 Å². The number of carbonyl (C=O) groups excluding carboxylic acids is 3. The number of fused-ring (bicyclic) bond motifs is 3. The van der Waals surface area contributed by atoms with E-state index >= 15 is 0 Å². The predicted octanol–water partition coefficient (Wildman–Crippen LogP) is 2.24. The lowest BCUT2D eigenvalue weighted by Gasteiger charge is -2.31. The van der Waals surface area contributed by atoms with E-state index in [1.807, 2.05) is 0 Å². The molecule has 3 rings (SSSR count). The molecule has 3 aliphatic rings. The molecule has 6 nitrogen and oxygen atoms in total. The number of carbonyl (C=O) groups is 3. The number of allylic oxidation sites excluding steroid dienone is 1. The fraction of sp³-hybridized carbons (Fsp3) is 0.526. The van der Waals surface area contributed by atoms with Gasteiger partial charge in [-0.25, -0.2) is 4.79 Å². The second-order valence-corrected chi connectivity index (χ2v) is 7.31. The summed E-state index contributed by atoms with van der Waals surface area (Å²) in [5.74, 6) is -1.53. The summed E-state index contributed by atoms with van der Waals surface area (Å²) in [6.07, 6.45) is 1.95. The van der Waals surface area contributed by atoms with E-state index in [0.29, 0.717) is 11.3 Å². The van der Waals surface area contributed by atoms with Crippen molar-refractivity contribution in [3.63, 3.8) is 0 Å². The first-order valence-electron chi connectivity index (χ1n) is 8.36. The van der Waals surface area contributed by atoms with Crippen molar-refractivity contribution in [2.24, 2.45) is 11.8 Å². The van der Waals surface area contributed by atoms with Crippen LogP contribution in [-0.4, -0.2) is 35.5 Å². The first kappa shape index (κ1) is 17.5. The zero-order valence-corrected chi connectivity index (χ0v) is 14.8. The van der Waals surface area contributed by atoms with Crippen LogP contribution in [0.3, 0.4) is 0 Å². The van der Waals surface area contributed by atoms with E-state index in [1.54, 1.807) is 33.8 Å². The number of rotatable bonds is 2. The van der Waals surface area contributed by atoms with Gasteiger partial charge in [0, 0.05) is 18.1 Å². The molecule has 1 saturated heterocycles. The molecule has 4 atom stereocenters. The molecule has 0 spiro atoms. The quantitative estimate of drug-likeness (QED) is 0.564. The minimum Gasteiger partial charge on any atom is -0.479 e. The summed E-state index contributed by atoms with van der Waals surface area (Å²) in [4.78, 5) is 36.7. The van der Waals surface area contributed by atoms with Gasteiger partial charge in [0.1, 0.15) is 18.0 Å². The third kappa shape index (κ3) is 2.90. The summed E-state index contributed by atoms with van der Waals surface area (Å²) in [5.41, 5.74) is -0.198. The number of ether oxygens (including phenoxy) is 3. The molecule has 0 N–H and O–H groups in total. The van der Waals surface area contributed by atoms with Crippen LogP contribution in [0.5, 0.6) is 0 Å². The van der Waals surface area contributed by atoms with Gasteiger partial charge < -0.3 is 14.2 Å². The summed E-state index contributed by atoms with van der Waals surface area (Å²) < 4.78 is 16.9. The lowest BCUT2D eigenvalue weighted by molar-refractivity contribution is -0.161. The number of ketones is 1. The minimum atomic E-state index is -1.15. The topological polar surface area (TPSA) is 78.9 Å². The highest BCUT2D eigenvalue weighted by Gasteiger charge is 2.51. The van der Waals surface area contributed by atoms with Gasteiger partial charge in [-0.15, -0.1) is 0 Å². The van der Waals surface area contributed by atoms with Gasteiger partial charge in [-0.1, -0.05) is 20.4 Å². The third-order valence-electron chi connectivity index (χ3n) is 4.91. The van der Waals surface area contributed by atoms with E-state index < -0.39 is 35.7 Å². The van der Waals surface area contributed by atoms with Crippen molar-refractivity contribution < 1.29 is 28.6 Å². The first-order valence-corrected chi connectivity index (χ1v) is 8.36. The van der Waals surface area contributed by atoms with Crippen LogP contribution in [0.4, 0.5) is 0 Å². The van der Waals surface area contributed by atoms with Gasteiger partial charge >= 0.3 is 11.9 Å². The highest BCUT2D eigenvalue weighted by atomic mass is 16.6. The maximum Gasteiger partial charge on any atom is 0.334 e. The summed E-state index contributed by atoms with van der Waals surface area (Å²) >= 11 is 0. The molecule has 6 heteroatoms. The maximum atomic E-state index is 12.5. The molecule has 3 heterocycles. The van der Waals surface area contributed by atoms with E-state index in [9.17, 15) is 14.4 Å². The van der Waals surface area contributed by atoms with Gasteiger partial charge in [0.2, 0.25) is 5.78 Å². The predicted molar refractivity (Wildman–Crippen MR) is 88.2 cm³/mol. The Kier molecular flexibility index (Phi) is 4.09. The molecule has 0 aliphatic carbocycles. The molecule has 3 aliphatic heterocycles. The molecule has 0 saturated carbocycles. The van der Waals surface area contributed by atoms with Crippen molar-refractivity contribution in [2.45, 2.75) is 51.9 Å². The number of hydrogen-bond acceptors (Lipinski definition) is 6. The zero-order valence-electron chi connectivity index (χ0n) is 14.8. The highest BCUT2D eigenvalue weighted by Crippen LogP contribution is 2.42. The van der Waals surface area contributed by atoms with Crippen molar-refractivity contribution in [3.8, 4) is 0 Å². The molecular formula is C19H22O6. The standard InChI is InChI=1S/C19H22O6/c1-9(2)17(21)24-14-8-19(5)15(20)7-12(25-19)10(3)6-13-16(14)11(4)18(22)23-13/h6-7,9,13-14,16H,4,8H2,1-3,5H3/b10-6-/t13-,14-,16+,19+/m1/s1. The molecule has 0 amide bonds. The average Bonchev–Trinajstić information content (AvgIpc) is 2.96. The van der Waals surface area contributed by atoms with Gasteiger partial charge in [0.15, 0.2) is 5.60 Å². The van der Waals surface area contributed by atoms with Crippen LogP contribution in [-0.2, 0) is 28.6 Å². The van der Waals surface area contributed by atoms with Crippen molar-refractivity contribution in [3.05, 3.63) is 35.6 Å². The molecule has 0 aromatic carbocycles. The normalized spacial score (nSPS) is 36.4. The highest BCUT2D eigenvalue weighted by molar-refractivity contribution is 6.00. The third-order valence-corrected chi connectivity index (χ3v) is 4.91. The number of esters is 2. The lowest BCUT2D eigenvalue weighted by Crippen LogP contribution is -2.43. The minimum absolute atomic E-state index is 0.127. The van der Waals surface area contributed by atoms with Crippen LogP contribution in [0.1, 0.15) is 34.1 Å². The van der Waals surface area contributed by atoms with Crippen LogP contribution in [0.15, 0.2) is 35.6 Å². The Morgan fingerprint density at radius 2 is 2.08 bits per heavy atom. The summed E-state index contributed by atoms with van der Waals surface area (Å²) in [5, 5.41) is 0. The van der Waals surface area contributed by atoms with E-state index in [2.05, 4.69) is 6.58 Å². The maximum absolute atomic E-state index is 12.5. The molecule has 2 bridgehead atoms. The Bertz CT molecular complexity index is 728. The summed E-state index contributed by atoms with van der Waals surface area (Å²) in [6, 6.07) is 0. The Morgan fingerprint density at radius 1 is 1.40 bits per heavy atom. The monoisotopic (exact) mass is 346 g/mol. The SMILES string of the molecule is C=C1C(=O)O[C@@H]2/C=C(/C)C3=CC(=O)[C@](C)(C[C@@H](OC(=O)C(C)C)[C@@H]12)O3. The molecule has 0 radical (unpaired) electrons. The van der Waals surface area contributed by atoms with Gasteiger partial charge in [0.25, 0.3) is 0 Å². The van der Waals surface area contributed by atoms with Crippen LogP contribution in [0.2, 0.25) is 0 Å². The summed E-state index contributed by atoms with van der Waals surface area (Å²) in [6.45, 7) is 10.7. The van der Waals surface area contributed by atoms with E-state index in [1.165, 1.54) is 6.08 Å². The van der Waals surface area contributed by atoms with Gasteiger partial charge in [-0.3, -0.25) is 9.59 Å². The molecule has 0 aromatic heterocycles.